The molecule has 33 heavy (non-hydrogen) atoms. The third-order valence-electron chi connectivity index (χ3n) is 5.58. The van der Waals surface area contributed by atoms with Crippen molar-refractivity contribution in [3.63, 3.8) is 0 Å². The van der Waals surface area contributed by atoms with Crippen molar-refractivity contribution in [2.24, 2.45) is 0 Å². The Morgan fingerprint density at radius 2 is 1.67 bits per heavy atom. The second-order valence-corrected chi connectivity index (χ2v) is 8.24. The Kier molecular flexibility index (Phi) is 6.80. The van der Waals surface area contributed by atoms with E-state index in [1.165, 1.54) is 17.6 Å². The molecule has 3 aromatic carbocycles. The van der Waals surface area contributed by atoms with Crippen LogP contribution in [0.1, 0.15) is 30.9 Å². The Hall–Kier alpha value is -3.57. The summed E-state index contributed by atoms with van der Waals surface area (Å²) in [6, 6.07) is 21.8. The fourth-order valence-electron chi connectivity index (χ4n) is 3.86. The van der Waals surface area contributed by atoms with Gasteiger partial charge in [-0.05, 0) is 54.3 Å². The zero-order chi connectivity index (χ0) is 23.4. The van der Waals surface area contributed by atoms with Crippen LogP contribution in [0.25, 0.3) is 5.57 Å². The van der Waals surface area contributed by atoms with Crippen molar-refractivity contribution in [2.45, 2.75) is 26.2 Å². The monoisotopic (exact) mass is 460 g/mol. The van der Waals surface area contributed by atoms with E-state index in [0.717, 1.165) is 19.3 Å². The quantitative estimate of drug-likeness (QED) is 0.413. The molecule has 1 heterocycles. The highest BCUT2D eigenvalue weighted by molar-refractivity contribution is 6.46. The van der Waals surface area contributed by atoms with E-state index < -0.39 is 5.91 Å². The zero-order valence-electron chi connectivity index (χ0n) is 18.6. The van der Waals surface area contributed by atoms with E-state index in [9.17, 15) is 9.59 Å². The second-order valence-electron chi connectivity index (χ2n) is 7.80. The van der Waals surface area contributed by atoms with Crippen molar-refractivity contribution < 1.29 is 14.3 Å². The van der Waals surface area contributed by atoms with Crippen molar-refractivity contribution in [3.05, 3.63) is 94.6 Å². The van der Waals surface area contributed by atoms with E-state index in [2.05, 4.69) is 12.2 Å². The van der Waals surface area contributed by atoms with Crippen LogP contribution in [-0.4, -0.2) is 18.9 Å². The molecule has 1 aliphatic heterocycles. The van der Waals surface area contributed by atoms with Crippen molar-refractivity contribution >= 4 is 40.4 Å². The van der Waals surface area contributed by atoms with Crippen LogP contribution < -0.4 is 15.0 Å². The number of imide groups is 1. The normalized spacial score (nSPS) is 13.6. The van der Waals surface area contributed by atoms with Crippen molar-refractivity contribution in [1.82, 2.24) is 0 Å². The first kappa shape index (κ1) is 22.6. The Bertz CT molecular complexity index is 1200. The Morgan fingerprint density at radius 3 is 2.33 bits per heavy atom. The molecule has 0 aromatic heterocycles. The topological polar surface area (TPSA) is 58.6 Å². The Labute approximate surface area is 198 Å². The van der Waals surface area contributed by atoms with Crippen LogP contribution in [0.3, 0.4) is 0 Å². The van der Waals surface area contributed by atoms with Gasteiger partial charge in [-0.2, -0.15) is 0 Å². The SMILES string of the molecule is CCCCc1ccc(N2C(=O)C(Nc3cc(Cl)ccc3OC)=C(c3ccccc3)C2=O)cc1. The van der Waals surface area contributed by atoms with Crippen LogP contribution in [0.2, 0.25) is 5.02 Å². The average Bonchev–Trinajstić information content (AvgIpc) is 3.08. The van der Waals surface area contributed by atoms with E-state index in [1.807, 2.05) is 54.6 Å². The lowest BCUT2D eigenvalue weighted by Crippen LogP contribution is -2.32. The second kappa shape index (κ2) is 9.92. The maximum Gasteiger partial charge on any atom is 0.282 e. The number of unbranched alkanes of at least 4 members (excludes halogenated alkanes) is 1. The number of amides is 2. The van der Waals surface area contributed by atoms with Crippen LogP contribution >= 0.6 is 11.6 Å². The summed E-state index contributed by atoms with van der Waals surface area (Å²) in [7, 11) is 1.54. The summed E-state index contributed by atoms with van der Waals surface area (Å²) >= 11 is 6.18. The fraction of sp³-hybridized carbons (Fsp3) is 0.185. The number of halogens is 1. The largest absolute Gasteiger partial charge is 0.495 e. The summed E-state index contributed by atoms with van der Waals surface area (Å²) in [6.45, 7) is 2.15. The summed E-state index contributed by atoms with van der Waals surface area (Å²) in [5.74, 6) is -0.295. The summed E-state index contributed by atoms with van der Waals surface area (Å²) in [5.41, 5.74) is 3.36. The number of rotatable bonds is 8. The predicted octanol–water partition coefficient (Wildman–Crippen LogP) is 6.09. The first-order valence-corrected chi connectivity index (χ1v) is 11.3. The van der Waals surface area contributed by atoms with Crippen LogP contribution in [0.15, 0.2) is 78.5 Å². The summed E-state index contributed by atoms with van der Waals surface area (Å²) in [6.07, 6.45) is 3.17. The number of carbonyl (C=O) groups excluding carboxylic acids is 2. The minimum Gasteiger partial charge on any atom is -0.495 e. The lowest BCUT2D eigenvalue weighted by atomic mass is 10.0. The molecule has 0 radical (unpaired) electrons. The van der Waals surface area contributed by atoms with E-state index >= 15 is 0 Å². The first-order valence-electron chi connectivity index (χ1n) is 10.9. The summed E-state index contributed by atoms with van der Waals surface area (Å²) in [4.78, 5) is 28.3. The molecule has 0 bridgehead atoms. The first-order chi connectivity index (χ1) is 16.0. The number of benzene rings is 3. The third kappa shape index (κ3) is 4.64. The van der Waals surface area contributed by atoms with Gasteiger partial charge in [0.1, 0.15) is 11.4 Å². The number of ether oxygens (including phenoxy) is 1. The molecule has 0 spiro atoms. The molecule has 1 aliphatic rings. The minimum absolute atomic E-state index is 0.182. The average molecular weight is 461 g/mol. The van der Waals surface area contributed by atoms with Gasteiger partial charge in [0.05, 0.1) is 24.1 Å². The molecule has 0 atom stereocenters. The van der Waals surface area contributed by atoms with Gasteiger partial charge in [0, 0.05) is 5.02 Å². The Balaban J connectivity index is 1.75. The van der Waals surface area contributed by atoms with Crippen LogP contribution in [0.5, 0.6) is 5.75 Å². The van der Waals surface area contributed by atoms with Gasteiger partial charge in [-0.15, -0.1) is 0 Å². The summed E-state index contributed by atoms with van der Waals surface area (Å²) < 4.78 is 5.42. The smallest absolute Gasteiger partial charge is 0.282 e. The number of nitrogens with one attached hydrogen (secondary N) is 1. The number of carbonyl (C=O) groups is 2. The molecule has 6 heteroatoms. The predicted molar refractivity (Wildman–Crippen MR) is 133 cm³/mol. The van der Waals surface area contributed by atoms with Gasteiger partial charge in [0.25, 0.3) is 11.8 Å². The molecule has 1 N–H and O–H groups in total. The number of hydrogen-bond donors (Lipinski definition) is 1. The van der Waals surface area contributed by atoms with Gasteiger partial charge < -0.3 is 10.1 Å². The van der Waals surface area contributed by atoms with Gasteiger partial charge in [-0.1, -0.05) is 67.4 Å². The molecule has 0 saturated heterocycles. The number of anilines is 2. The third-order valence-corrected chi connectivity index (χ3v) is 5.82. The molecule has 0 aliphatic carbocycles. The fourth-order valence-corrected chi connectivity index (χ4v) is 4.03. The van der Waals surface area contributed by atoms with E-state index in [4.69, 9.17) is 16.3 Å². The molecular weight excluding hydrogens is 436 g/mol. The molecule has 168 valence electrons. The molecule has 2 amide bonds. The maximum absolute atomic E-state index is 13.6. The number of hydrogen-bond acceptors (Lipinski definition) is 4. The number of aryl methyl sites for hydroxylation is 1. The Morgan fingerprint density at radius 1 is 0.939 bits per heavy atom. The molecule has 0 fully saturated rings. The molecule has 0 saturated carbocycles. The molecule has 4 rings (SSSR count). The minimum atomic E-state index is -0.429. The van der Waals surface area contributed by atoms with Gasteiger partial charge in [0.15, 0.2) is 0 Å². The van der Waals surface area contributed by atoms with Crippen LogP contribution in [0.4, 0.5) is 11.4 Å². The van der Waals surface area contributed by atoms with Crippen LogP contribution in [-0.2, 0) is 16.0 Å². The number of nitrogens with zero attached hydrogens (tertiary/aromatic N) is 1. The zero-order valence-corrected chi connectivity index (χ0v) is 19.4. The molecule has 5 nitrogen and oxygen atoms in total. The lowest BCUT2D eigenvalue weighted by molar-refractivity contribution is -0.120. The van der Waals surface area contributed by atoms with Crippen LogP contribution in [0, 0.1) is 0 Å². The van der Waals surface area contributed by atoms with Gasteiger partial charge in [0.2, 0.25) is 0 Å². The van der Waals surface area contributed by atoms with E-state index in [-0.39, 0.29) is 11.6 Å². The van der Waals surface area contributed by atoms with E-state index in [1.54, 1.807) is 18.2 Å². The molecular formula is C27H25ClN2O3. The standard InChI is InChI=1S/C27H25ClN2O3/c1-3-4-8-18-11-14-21(15-12-18)30-26(31)24(19-9-6-5-7-10-19)25(27(30)32)29-22-17-20(28)13-16-23(22)33-2/h5-7,9-17,29H,3-4,8H2,1-2H3. The summed E-state index contributed by atoms with van der Waals surface area (Å²) in [5, 5.41) is 3.61. The van der Waals surface area contributed by atoms with Gasteiger partial charge >= 0.3 is 0 Å². The molecule has 0 unspecified atom stereocenters. The van der Waals surface area contributed by atoms with Crippen molar-refractivity contribution in [1.29, 1.82) is 0 Å². The maximum atomic E-state index is 13.6. The van der Waals surface area contributed by atoms with E-state index in [0.29, 0.717) is 33.3 Å². The highest BCUT2D eigenvalue weighted by atomic mass is 35.5. The number of methoxy groups -OCH3 is 1. The lowest BCUT2D eigenvalue weighted by Gasteiger charge is -2.16. The van der Waals surface area contributed by atoms with Gasteiger partial charge in [-0.3, -0.25) is 9.59 Å². The van der Waals surface area contributed by atoms with Crippen molar-refractivity contribution in [3.8, 4) is 5.75 Å². The highest BCUT2D eigenvalue weighted by Crippen LogP contribution is 2.36. The van der Waals surface area contributed by atoms with Gasteiger partial charge in [-0.25, -0.2) is 4.90 Å². The van der Waals surface area contributed by atoms with Crippen molar-refractivity contribution in [2.75, 3.05) is 17.3 Å². The highest BCUT2D eigenvalue weighted by Gasteiger charge is 2.40. The molecule has 3 aromatic rings.